The molecular formula is C66H42. The van der Waals surface area contributed by atoms with Gasteiger partial charge < -0.3 is 0 Å². The molecule has 0 heterocycles. The Morgan fingerprint density at radius 1 is 0.152 bits per heavy atom. The maximum absolute atomic E-state index is 2.49. The second-order valence-corrected chi connectivity index (χ2v) is 17.5. The van der Waals surface area contributed by atoms with Crippen molar-refractivity contribution in [3.63, 3.8) is 0 Å². The maximum Gasteiger partial charge on any atom is -0.00141 e. The number of hydrogen-bond acceptors (Lipinski definition) is 0. The highest BCUT2D eigenvalue weighted by molar-refractivity contribution is 6.31. The molecule has 13 rings (SSSR count). The van der Waals surface area contributed by atoms with Crippen LogP contribution in [0.15, 0.2) is 255 Å². The average molecular weight is 835 g/mol. The minimum atomic E-state index is 1.20. The van der Waals surface area contributed by atoms with E-state index in [1.165, 1.54) is 132 Å². The first-order valence-corrected chi connectivity index (χ1v) is 22.9. The number of hydrogen-bond donors (Lipinski definition) is 0. The maximum atomic E-state index is 2.49. The summed E-state index contributed by atoms with van der Waals surface area (Å²) in [5.41, 5.74) is 17.1. The second kappa shape index (κ2) is 15.6. The summed E-state index contributed by atoms with van der Waals surface area (Å²) in [6, 6.07) is 94.2. The van der Waals surface area contributed by atoms with Gasteiger partial charge in [-0.1, -0.05) is 243 Å². The Morgan fingerprint density at radius 2 is 0.545 bits per heavy atom. The Morgan fingerprint density at radius 3 is 1.15 bits per heavy atom. The van der Waals surface area contributed by atoms with Crippen molar-refractivity contribution in [2.45, 2.75) is 0 Å². The molecule has 0 atom stereocenters. The monoisotopic (exact) mass is 834 g/mol. The summed E-state index contributed by atoms with van der Waals surface area (Å²) < 4.78 is 0. The summed E-state index contributed by atoms with van der Waals surface area (Å²) >= 11 is 0. The predicted molar refractivity (Wildman–Crippen MR) is 283 cm³/mol. The summed E-state index contributed by atoms with van der Waals surface area (Å²) in [5, 5.41) is 12.7. The molecule has 0 saturated carbocycles. The van der Waals surface area contributed by atoms with E-state index < -0.39 is 0 Å². The first-order valence-electron chi connectivity index (χ1n) is 22.9. The molecule has 0 unspecified atom stereocenters. The minimum absolute atomic E-state index is 1.20. The topological polar surface area (TPSA) is 0 Å². The fourth-order valence-corrected chi connectivity index (χ4v) is 10.7. The lowest BCUT2D eigenvalue weighted by Gasteiger charge is -2.22. The summed E-state index contributed by atoms with van der Waals surface area (Å²) in [6.07, 6.45) is 0. The van der Waals surface area contributed by atoms with Crippen LogP contribution in [0.1, 0.15) is 0 Å². The molecule has 0 aliphatic rings. The second-order valence-electron chi connectivity index (χ2n) is 17.5. The molecule has 66 heavy (non-hydrogen) atoms. The molecule has 13 aromatic rings. The van der Waals surface area contributed by atoms with Crippen LogP contribution < -0.4 is 0 Å². The van der Waals surface area contributed by atoms with Gasteiger partial charge in [0.25, 0.3) is 0 Å². The first-order chi connectivity index (χ1) is 32.7. The molecular weight excluding hydrogens is 793 g/mol. The van der Waals surface area contributed by atoms with Crippen molar-refractivity contribution in [3.8, 4) is 77.9 Å². The van der Waals surface area contributed by atoms with Gasteiger partial charge in [0.05, 0.1) is 0 Å². The molecule has 0 heteroatoms. The van der Waals surface area contributed by atoms with E-state index in [0.29, 0.717) is 0 Å². The van der Waals surface area contributed by atoms with Gasteiger partial charge in [-0.2, -0.15) is 0 Å². The molecule has 0 bridgehead atoms. The third kappa shape index (κ3) is 6.22. The molecule has 0 aliphatic carbocycles. The van der Waals surface area contributed by atoms with E-state index >= 15 is 0 Å². The number of rotatable bonds is 7. The van der Waals surface area contributed by atoms with Crippen molar-refractivity contribution in [2.75, 3.05) is 0 Å². The van der Waals surface area contributed by atoms with Crippen molar-refractivity contribution in [1.29, 1.82) is 0 Å². The quantitative estimate of drug-likeness (QED) is 0.140. The van der Waals surface area contributed by atoms with Crippen molar-refractivity contribution in [1.82, 2.24) is 0 Å². The highest BCUT2D eigenvalue weighted by Gasteiger charge is 2.22. The molecule has 0 aliphatic heterocycles. The summed E-state index contributed by atoms with van der Waals surface area (Å²) in [7, 11) is 0. The normalized spacial score (nSPS) is 11.6. The van der Waals surface area contributed by atoms with Crippen molar-refractivity contribution in [3.05, 3.63) is 255 Å². The lowest BCUT2D eigenvalue weighted by molar-refractivity contribution is 1.58. The molecule has 0 spiro atoms. The smallest absolute Gasteiger partial charge is 0.00141 e. The van der Waals surface area contributed by atoms with Crippen LogP contribution in [0.25, 0.3) is 132 Å². The van der Waals surface area contributed by atoms with Crippen LogP contribution >= 0.6 is 0 Å². The Balaban J connectivity index is 1.07. The summed E-state index contributed by atoms with van der Waals surface area (Å²) in [4.78, 5) is 0. The van der Waals surface area contributed by atoms with Crippen molar-refractivity contribution >= 4 is 53.9 Å². The van der Waals surface area contributed by atoms with Crippen molar-refractivity contribution < 1.29 is 0 Å². The Labute approximate surface area is 384 Å². The Bertz CT molecular complexity index is 3940. The van der Waals surface area contributed by atoms with Gasteiger partial charge in [0, 0.05) is 0 Å². The van der Waals surface area contributed by atoms with Crippen LogP contribution in [0.4, 0.5) is 0 Å². The van der Waals surface area contributed by atoms with Crippen LogP contribution in [-0.2, 0) is 0 Å². The van der Waals surface area contributed by atoms with Crippen LogP contribution in [-0.4, -0.2) is 0 Å². The molecule has 0 radical (unpaired) electrons. The first kappa shape index (κ1) is 37.9. The third-order valence-electron chi connectivity index (χ3n) is 13.9. The zero-order chi connectivity index (χ0) is 43.6. The van der Waals surface area contributed by atoms with Gasteiger partial charge >= 0.3 is 0 Å². The largest absolute Gasteiger partial charge is 0.0622 e. The van der Waals surface area contributed by atoms with Gasteiger partial charge in [0.1, 0.15) is 0 Å². The predicted octanol–water partition coefficient (Wildman–Crippen LogP) is 18.6. The van der Waals surface area contributed by atoms with E-state index in [9.17, 15) is 0 Å². The fourth-order valence-electron chi connectivity index (χ4n) is 10.7. The zero-order valence-corrected chi connectivity index (χ0v) is 36.2. The van der Waals surface area contributed by atoms with E-state index in [0.717, 1.165) is 0 Å². The molecule has 0 saturated heterocycles. The van der Waals surface area contributed by atoms with Crippen LogP contribution in [0, 0.1) is 0 Å². The van der Waals surface area contributed by atoms with E-state index in [1.54, 1.807) is 0 Å². The Hall–Kier alpha value is -8.58. The lowest BCUT2D eigenvalue weighted by Crippen LogP contribution is -1.95. The van der Waals surface area contributed by atoms with Gasteiger partial charge in [-0.3, -0.25) is 0 Å². The molecule has 0 aromatic heterocycles. The van der Waals surface area contributed by atoms with Gasteiger partial charge in [-0.25, -0.2) is 0 Å². The van der Waals surface area contributed by atoms with Gasteiger partial charge in [-0.05, 0) is 144 Å². The van der Waals surface area contributed by atoms with Gasteiger partial charge in [0.15, 0.2) is 0 Å². The summed E-state index contributed by atoms with van der Waals surface area (Å²) in [5.74, 6) is 0. The van der Waals surface area contributed by atoms with Crippen LogP contribution in [0.2, 0.25) is 0 Å². The molecule has 13 aromatic carbocycles. The standard InChI is InChI=1S/C66H42/c1-3-15-43(16-4-1)45-27-31-47(32-28-45)51-20-9-11-23-54(51)58-37-35-49-36-38-60-63(56-25-12-10-21-52(56)48-33-29-46(30-34-48)44-17-5-2-6-18-44)42-64(61-40-39-59(58)65(49)66(60)61)62-41-50-19-7-8-22-53(50)55-24-13-14-26-57(55)62/h1-42H. The molecule has 0 nitrogen and oxygen atoms in total. The van der Waals surface area contributed by atoms with E-state index in [1.807, 2.05) is 0 Å². The van der Waals surface area contributed by atoms with Gasteiger partial charge in [0.2, 0.25) is 0 Å². The fraction of sp³-hybridized carbons (Fsp3) is 0. The van der Waals surface area contributed by atoms with E-state index in [-0.39, 0.29) is 0 Å². The van der Waals surface area contributed by atoms with Crippen LogP contribution in [0.5, 0.6) is 0 Å². The molecule has 0 N–H and O–H groups in total. The molecule has 0 amide bonds. The van der Waals surface area contributed by atoms with Crippen LogP contribution in [0.3, 0.4) is 0 Å². The Kier molecular flexibility index (Phi) is 8.96. The SMILES string of the molecule is c1ccc(-c2ccc(-c3ccccc3-c3ccc4ccc5c(-c6ccccc6-c6ccc(-c7ccccc7)cc6)cc(-c6cc7ccccc7c7ccccc67)c6ccc3c4c56)cc2)cc1. The summed E-state index contributed by atoms with van der Waals surface area (Å²) in [6.45, 7) is 0. The highest BCUT2D eigenvalue weighted by Crippen LogP contribution is 2.49. The minimum Gasteiger partial charge on any atom is -0.0622 e. The molecule has 306 valence electrons. The number of benzene rings is 13. The molecule has 0 fully saturated rings. The van der Waals surface area contributed by atoms with E-state index in [2.05, 4.69) is 255 Å². The highest BCUT2D eigenvalue weighted by atomic mass is 14.3. The lowest BCUT2D eigenvalue weighted by atomic mass is 9.81. The van der Waals surface area contributed by atoms with Crippen molar-refractivity contribution in [2.24, 2.45) is 0 Å². The third-order valence-corrected chi connectivity index (χ3v) is 13.9. The number of fused-ring (bicyclic) bond motifs is 3. The zero-order valence-electron chi connectivity index (χ0n) is 36.2. The average Bonchev–Trinajstić information content (AvgIpc) is 3.40. The van der Waals surface area contributed by atoms with Gasteiger partial charge in [-0.15, -0.1) is 0 Å². The van der Waals surface area contributed by atoms with E-state index in [4.69, 9.17) is 0 Å².